The Bertz CT molecular complexity index is 520. The van der Waals surface area contributed by atoms with Crippen molar-refractivity contribution in [3.8, 4) is 0 Å². The fraction of sp³-hybridized carbons (Fsp3) is 0.778. The zero-order valence-electron chi connectivity index (χ0n) is 16.5. The molecule has 0 saturated carbocycles. The molecule has 1 aliphatic heterocycles. The van der Waals surface area contributed by atoms with Crippen LogP contribution in [0.15, 0.2) is 0 Å². The van der Waals surface area contributed by atoms with Crippen LogP contribution in [0.3, 0.4) is 0 Å². The first kappa shape index (κ1) is 25.5. The number of nitrogens with one attached hydrogen (secondary N) is 1. The molecule has 0 aromatic carbocycles. The highest BCUT2D eigenvalue weighted by Crippen LogP contribution is 2.17. The summed E-state index contributed by atoms with van der Waals surface area (Å²) in [4.78, 5) is 46.1. The van der Waals surface area contributed by atoms with Crippen LogP contribution in [0.4, 0.5) is 0 Å². The number of likely N-dealkylation sites (tertiary alicyclic amines) is 1. The minimum absolute atomic E-state index is 0.0587. The van der Waals surface area contributed by atoms with Gasteiger partial charge in [0.05, 0.1) is 58.1 Å². The Balaban J connectivity index is 1.84. The minimum atomic E-state index is -0.596. The lowest BCUT2D eigenvalue weighted by molar-refractivity contribution is -0.138. The van der Waals surface area contributed by atoms with E-state index in [1.165, 1.54) is 0 Å². The molecule has 1 rings (SSSR count). The molecule has 1 atom stereocenters. The fourth-order valence-electron chi connectivity index (χ4n) is 2.36. The Kier molecular flexibility index (Phi) is 14.3. The number of amides is 3. The molecule has 0 spiro atoms. The smallest absolute Gasteiger partial charge is 0.242 e. The van der Waals surface area contributed by atoms with Crippen molar-refractivity contribution in [1.29, 1.82) is 0 Å². The molecule has 0 aliphatic carbocycles. The van der Waals surface area contributed by atoms with Gasteiger partial charge in [-0.1, -0.05) is 0 Å². The van der Waals surface area contributed by atoms with Crippen molar-refractivity contribution in [2.75, 3.05) is 65.9 Å². The third-order valence-electron chi connectivity index (χ3n) is 3.85. The zero-order chi connectivity index (χ0) is 21.3. The van der Waals surface area contributed by atoms with Crippen LogP contribution in [0.2, 0.25) is 0 Å². The van der Waals surface area contributed by atoms with Crippen LogP contribution in [0.1, 0.15) is 19.3 Å². The second kappa shape index (κ2) is 16.3. The molecular formula is C18H30N2O8S. The van der Waals surface area contributed by atoms with E-state index in [2.05, 4.69) is 17.9 Å². The van der Waals surface area contributed by atoms with E-state index in [4.69, 9.17) is 18.9 Å². The van der Waals surface area contributed by atoms with Crippen LogP contribution in [-0.4, -0.2) is 100 Å². The molecule has 0 aromatic heterocycles. The normalized spacial score (nSPS) is 16.4. The molecule has 11 heteroatoms. The second-order valence-corrected chi connectivity index (χ2v) is 6.73. The molecule has 1 heterocycles. The Hall–Kier alpha value is -1.53. The van der Waals surface area contributed by atoms with Crippen molar-refractivity contribution < 1.29 is 38.1 Å². The Morgan fingerprint density at radius 3 is 2.07 bits per heavy atom. The van der Waals surface area contributed by atoms with Crippen LogP contribution < -0.4 is 5.32 Å². The summed E-state index contributed by atoms with van der Waals surface area (Å²) in [5, 5.41) is 2.07. The standard InChI is InChI=1S/C18H30N2O8S/c21-5-1-6-25-8-10-27-12-13-28-11-9-26-7-3-19-16(22)2-4-20-17(23)14-15(29)18(20)24/h5,15,29H,1-4,6-14H2,(H,19,22). The van der Waals surface area contributed by atoms with Crippen LogP contribution in [-0.2, 0) is 38.1 Å². The highest BCUT2D eigenvalue weighted by molar-refractivity contribution is 7.81. The Labute approximate surface area is 176 Å². The van der Waals surface area contributed by atoms with Gasteiger partial charge in [0.15, 0.2) is 0 Å². The van der Waals surface area contributed by atoms with Crippen LogP contribution in [0.5, 0.6) is 0 Å². The highest BCUT2D eigenvalue weighted by atomic mass is 32.1. The van der Waals surface area contributed by atoms with Gasteiger partial charge in [-0.3, -0.25) is 19.3 Å². The van der Waals surface area contributed by atoms with Gasteiger partial charge in [-0.15, -0.1) is 0 Å². The number of rotatable bonds is 18. The summed E-state index contributed by atoms with van der Waals surface area (Å²) in [6, 6.07) is 0. The maximum absolute atomic E-state index is 11.7. The Morgan fingerprint density at radius 1 is 1.00 bits per heavy atom. The van der Waals surface area contributed by atoms with E-state index in [9.17, 15) is 19.2 Å². The number of hydrogen-bond acceptors (Lipinski definition) is 9. The van der Waals surface area contributed by atoms with Gasteiger partial charge in [0.25, 0.3) is 0 Å². The maximum Gasteiger partial charge on any atom is 0.242 e. The molecule has 0 aromatic rings. The molecule has 0 radical (unpaired) electrons. The Morgan fingerprint density at radius 2 is 1.55 bits per heavy atom. The number of nitrogens with zero attached hydrogens (tertiary/aromatic N) is 1. The lowest BCUT2D eigenvalue weighted by Crippen LogP contribution is -2.36. The molecular weight excluding hydrogens is 404 g/mol. The van der Waals surface area contributed by atoms with E-state index in [1.807, 2.05) is 0 Å². The number of thiol groups is 1. The van der Waals surface area contributed by atoms with E-state index in [1.54, 1.807) is 0 Å². The van der Waals surface area contributed by atoms with Gasteiger partial charge < -0.3 is 29.1 Å². The lowest BCUT2D eigenvalue weighted by Gasteiger charge is -2.13. The molecule has 0 bridgehead atoms. The van der Waals surface area contributed by atoms with Gasteiger partial charge in [-0.2, -0.15) is 12.6 Å². The molecule has 1 fully saturated rings. The summed E-state index contributed by atoms with van der Waals surface area (Å²) in [5.41, 5.74) is 0. The zero-order valence-corrected chi connectivity index (χ0v) is 17.4. The molecule has 1 aliphatic rings. The van der Waals surface area contributed by atoms with Crippen molar-refractivity contribution in [2.24, 2.45) is 0 Å². The van der Waals surface area contributed by atoms with E-state index < -0.39 is 5.25 Å². The number of carbonyl (C=O) groups is 4. The van der Waals surface area contributed by atoms with Crippen LogP contribution in [0.25, 0.3) is 0 Å². The van der Waals surface area contributed by atoms with Gasteiger partial charge in [0, 0.05) is 32.4 Å². The maximum atomic E-state index is 11.7. The van der Waals surface area contributed by atoms with Crippen LogP contribution >= 0.6 is 12.6 Å². The largest absolute Gasteiger partial charge is 0.379 e. The molecule has 166 valence electrons. The first-order valence-corrected chi connectivity index (χ1v) is 10.1. The van der Waals surface area contributed by atoms with Crippen LogP contribution in [0, 0.1) is 0 Å². The summed E-state index contributed by atoms with van der Waals surface area (Å²) < 4.78 is 21.1. The molecule has 29 heavy (non-hydrogen) atoms. The monoisotopic (exact) mass is 434 g/mol. The molecule has 1 unspecified atom stereocenters. The minimum Gasteiger partial charge on any atom is -0.379 e. The third-order valence-corrected chi connectivity index (χ3v) is 4.25. The van der Waals surface area contributed by atoms with E-state index in [-0.39, 0.29) is 37.1 Å². The average Bonchev–Trinajstić information content (AvgIpc) is 2.94. The predicted molar refractivity (Wildman–Crippen MR) is 106 cm³/mol. The quantitative estimate of drug-likeness (QED) is 0.125. The van der Waals surface area contributed by atoms with Gasteiger partial charge in [0.1, 0.15) is 6.29 Å². The number of ether oxygens (including phenoxy) is 4. The highest BCUT2D eigenvalue weighted by Gasteiger charge is 2.36. The van der Waals surface area contributed by atoms with Gasteiger partial charge >= 0.3 is 0 Å². The van der Waals surface area contributed by atoms with E-state index in [0.717, 1.165) is 11.2 Å². The summed E-state index contributed by atoms with van der Waals surface area (Å²) in [6.45, 7) is 3.75. The van der Waals surface area contributed by atoms with E-state index >= 15 is 0 Å². The SMILES string of the molecule is O=CCCOCCOCCOCCOCCNC(=O)CCN1C(=O)CC(S)C1=O. The summed E-state index contributed by atoms with van der Waals surface area (Å²) in [5.74, 6) is -0.886. The first-order valence-electron chi connectivity index (χ1n) is 9.59. The fourth-order valence-corrected chi connectivity index (χ4v) is 2.65. The molecule has 1 saturated heterocycles. The van der Waals surface area contributed by atoms with Gasteiger partial charge in [0.2, 0.25) is 17.7 Å². The summed E-state index contributed by atoms with van der Waals surface area (Å²) >= 11 is 4.03. The van der Waals surface area contributed by atoms with Crippen molar-refractivity contribution in [2.45, 2.75) is 24.5 Å². The van der Waals surface area contributed by atoms with Gasteiger partial charge in [-0.05, 0) is 0 Å². The van der Waals surface area contributed by atoms with Crippen molar-refractivity contribution >= 4 is 36.6 Å². The topological polar surface area (TPSA) is 120 Å². The number of aldehydes is 1. The first-order chi connectivity index (χ1) is 14.1. The number of carbonyl (C=O) groups excluding carboxylic acids is 4. The third kappa shape index (κ3) is 11.9. The van der Waals surface area contributed by atoms with Crippen molar-refractivity contribution in [3.63, 3.8) is 0 Å². The second-order valence-electron chi connectivity index (χ2n) is 6.11. The summed E-state index contributed by atoms with van der Waals surface area (Å²) in [7, 11) is 0. The van der Waals surface area contributed by atoms with Crippen molar-refractivity contribution in [1.82, 2.24) is 10.2 Å². The molecule has 1 N–H and O–H groups in total. The van der Waals surface area contributed by atoms with E-state index in [0.29, 0.717) is 65.8 Å². The van der Waals surface area contributed by atoms with Crippen molar-refractivity contribution in [3.05, 3.63) is 0 Å². The number of hydrogen-bond donors (Lipinski definition) is 2. The summed E-state index contributed by atoms with van der Waals surface area (Å²) in [6.07, 6.45) is 1.35. The van der Waals surface area contributed by atoms with Gasteiger partial charge in [-0.25, -0.2) is 0 Å². The molecule has 10 nitrogen and oxygen atoms in total. The lowest BCUT2D eigenvalue weighted by atomic mass is 10.3. The molecule has 3 amide bonds. The number of imide groups is 1. The average molecular weight is 435 g/mol. The predicted octanol–water partition coefficient (Wildman–Crippen LogP) is -0.795.